The molecule has 2 N–H and O–H groups in total. The molecule has 0 saturated heterocycles. The number of rotatable bonds is 4. The van der Waals surface area contributed by atoms with E-state index < -0.39 is 5.97 Å². The third-order valence-corrected chi connectivity index (χ3v) is 2.53. The highest BCUT2D eigenvalue weighted by Gasteiger charge is 2.08. The van der Waals surface area contributed by atoms with Crippen LogP contribution in [0.4, 0.5) is 5.69 Å². The zero-order chi connectivity index (χ0) is 12.3. The molecule has 2 rings (SSSR count). The van der Waals surface area contributed by atoms with Gasteiger partial charge < -0.3 is 15.0 Å². The Labute approximate surface area is 98.7 Å². The highest BCUT2D eigenvalue weighted by molar-refractivity contribution is 5.94. The molecule has 1 aromatic heterocycles. The van der Waals surface area contributed by atoms with Crippen molar-refractivity contribution in [3.05, 3.63) is 48.0 Å². The number of anilines is 1. The van der Waals surface area contributed by atoms with Gasteiger partial charge in [-0.2, -0.15) is 0 Å². The van der Waals surface area contributed by atoms with E-state index in [4.69, 9.17) is 5.11 Å². The third-order valence-electron chi connectivity index (χ3n) is 2.53. The summed E-state index contributed by atoms with van der Waals surface area (Å²) >= 11 is 0. The number of nitrogens with one attached hydrogen (secondary N) is 1. The summed E-state index contributed by atoms with van der Waals surface area (Å²) in [7, 11) is 1.90. The van der Waals surface area contributed by atoms with Crippen LogP contribution in [0.15, 0.2) is 36.8 Å². The molecule has 5 nitrogen and oxygen atoms in total. The fourth-order valence-corrected chi connectivity index (χ4v) is 1.56. The van der Waals surface area contributed by atoms with Crippen molar-refractivity contribution >= 4 is 11.7 Å². The average Bonchev–Trinajstić information content (AvgIpc) is 2.72. The number of carboxylic acid groups (broad SMARTS) is 1. The van der Waals surface area contributed by atoms with Gasteiger partial charge in [-0.05, 0) is 12.1 Å². The SMILES string of the molecule is Cn1cncc1CNc1ccccc1C(=O)O. The van der Waals surface area contributed by atoms with E-state index in [1.807, 2.05) is 11.6 Å². The number of aryl methyl sites for hydroxylation is 1. The molecule has 0 atom stereocenters. The summed E-state index contributed by atoms with van der Waals surface area (Å²) in [4.78, 5) is 15.0. The highest BCUT2D eigenvalue weighted by atomic mass is 16.4. The summed E-state index contributed by atoms with van der Waals surface area (Å²) in [5, 5.41) is 12.1. The highest BCUT2D eigenvalue weighted by Crippen LogP contribution is 2.15. The van der Waals surface area contributed by atoms with Crippen molar-refractivity contribution in [1.29, 1.82) is 0 Å². The zero-order valence-corrected chi connectivity index (χ0v) is 9.42. The maximum absolute atomic E-state index is 11.0. The van der Waals surface area contributed by atoms with Crippen LogP contribution in [0.1, 0.15) is 16.1 Å². The lowest BCUT2D eigenvalue weighted by Gasteiger charge is -2.09. The minimum Gasteiger partial charge on any atom is -0.478 e. The van der Waals surface area contributed by atoms with Gasteiger partial charge in [0.1, 0.15) is 0 Å². The Kier molecular flexibility index (Phi) is 3.09. The Morgan fingerprint density at radius 3 is 2.88 bits per heavy atom. The Morgan fingerprint density at radius 2 is 2.24 bits per heavy atom. The molecule has 0 aliphatic rings. The van der Waals surface area contributed by atoms with E-state index >= 15 is 0 Å². The van der Waals surface area contributed by atoms with Crippen LogP contribution in [0, 0.1) is 0 Å². The number of carboxylic acids is 1. The Hall–Kier alpha value is -2.30. The largest absolute Gasteiger partial charge is 0.478 e. The Balaban J connectivity index is 2.14. The van der Waals surface area contributed by atoms with Crippen molar-refractivity contribution in [3.8, 4) is 0 Å². The van der Waals surface area contributed by atoms with Crippen molar-refractivity contribution in [2.24, 2.45) is 7.05 Å². The van der Waals surface area contributed by atoms with Crippen molar-refractivity contribution in [2.45, 2.75) is 6.54 Å². The van der Waals surface area contributed by atoms with E-state index in [1.165, 1.54) is 0 Å². The molecule has 0 aliphatic heterocycles. The van der Waals surface area contributed by atoms with Gasteiger partial charge in [0.05, 0.1) is 24.1 Å². The predicted octanol–water partition coefficient (Wildman–Crippen LogP) is 1.73. The molecule has 1 heterocycles. The molecule has 0 fully saturated rings. The van der Waals surface area contributed by atoms with E-state index in [9.17, 15) is 4.79 Å². The molecular weight excluding hydrogens is 218 g/mol. The normalized spacial score (nSPS) is 10.2. The van der Waals surface area contributed by atoms with Gasteiger partial charge in [0.2, 0.25) is 0 Å². The number of benzene rings is 1. The molecular formula is C12H13N3O2. The molecule has 0 radical (unpaired) electrons. The summed E-state index contributed by atoms with van der Waals surface area (Å²) in [5.41, 5.74) is 1.88. The first kappa shape index (κ1) is 11.2. The van der Waals surface area contributed by atoms with Crippen LogP contribution in [0.25, 0.3) is 0 Å². The summed E-state index contributed by atoms with van der Waals surface area (Å²) in [6.45, 7) is 0.542. The van der Waals surface area contributed by atoms with E-state index in [2.05, 4.69) is 10.3 Å². The van der Waals surface area contributed by atoms with Crippen LogP contribution in [0.2, 0.25) is 0 Å². The maximum Gasteiger partial charge on any atom is 0.337 e. The number of carbonyl (C=O) groups is 1. The van der Waals surface area contributed by atoms with Gasteiger partial charge in [-0.25, -0.2) is 9.78 Å². The molecule has 1 aromatic carbocycles. The minimum absolute atomic E-state index is 0.273. The van der Waals surface area contributed by atoms with Gasteiger partial charge in [-0.1, -0.05) is 12.1 Å². The molecule has 0 bridgehead atoms. The Morgan fingerprint density at radius 1 is 1.47 bits per heavy atom. The van der Waals surface area contributed by atoms with Crippen molar-refractivity contribution in [2.75, 3.05) is 5.32 Å². The topological polar surface area (TPSA) is 67.2 Å². The standard InChI is InChI=1S/C12H13N3O2/c1-15-8-13-6-9(15)7-14-11-5-3-2-4-10(11)12(16)17/h2-6,8,14H,7H2,1H3,(H,16,17). The lowest BCUT2D eigenvalue weighted by atomic mass is 10.2. The van der Waals surface area contributed by atoms with Crippen molar-refractivity contribution in [1.82, 2.24) is 9.55 Å². The summed E-state index contributed by atoms with van der Waals surface area (Å²) in [6, 6.07) is 6.84. The second-order valence-corrected chi connectivity index (χ2v) is 3.70. The van der Waals surface area contributed by atoms with E-state index in [0.29, 0.717) is 12.2 Å². The van der Waals surface area contributed by atoms with Gasteiger partial charge >= 0.3 is 5.97 Å². The number of hydrogen-bond donors (Lipinski definition) is 2. The number of nitrogens with zero attached hydrogens (tertiary/aromatic N) is 2. The zero-order valence-electron chi connectivity index (χ0n) is 9.42. The third kappa shape index (κ3) is 2.44. The molecule has 0 amide bonds. The first-order valence-corrected chi connectivity index (χ1v) is 5.20. The minimum atomic E-state index is -0.932. The molecule has 0 spiro atoms. The maximum atomic E-state index is 11.0. The Bertz CT molecular complexity index is 534. The molecule has 0 unspecified atom stereocenters. The van der Waals surface area contributed by atoms with E-state index in [-0.39, 0.29) is 5.56 Å². The van der Waals surface area contributed by atoms with E-state index in [0.717, 1.165) is 5.69 Å². The molecule has 0 aliphatic carbocycles. The average molecular weight is 231 g/mol. The second kappa shape index (κ2) is 4.69. The van der Waals surface area contributed by atoms with Crippen LogP contribution in [-0.2, 0) is 13.6 Å². The van der Waals surface area contributed by atoms with Crippen molar-refractivity contribution in [3.63, 3.8) is 0 Å². The summed E-state index contributed by atoms with van der Waals surface area (Å²) in [5.74, 6) is -0.932. The molecule has 17 heavy (non-hydrogen) atoms. The van der Waals surface area contributed by atoms with Crippen LogP contribution in [-0.4, -0.2) is 20.6 Å². The lowest BCUT2D eigenvalue weighted by molar-refractivity contribution is 0.0698. The molecule has 88 valence electrons. The number of aromatic nitrogens is 2. The smallest absolute Gasteiger partial charge is 0.337 e. The predicted molar refractivity (Wildman–Crippen MR) is 63.9 cm³/mol. The number of para-hydroxylation sites is 1. The van der Waals surface area contributed by atoms with Crippen LogP contribution >= 0.6 is 0 Å². The monoisotopic (exact) mass is 231 g/mol. The van der Waals surface area contributed by atoms with Gasteiger partial charge in [-0.3, -0.25) is 0 Å². The summed E-state index contributed by atoms with van der Waals surface area (Å²) < 4.78 is 1.89. The second-order valence-electron chi connectivity index (χ2n) is 3.70. The van der Waals surface area contributed by atoms with Gasteiger partial charge in [-0.15, -0.1) is 0 Å². The van der Waals surface area contributed by atoms with Crippen LogP contribution in [0.3, 0.4) is 0 Å². The van der Waals surface area contributed by atoms with Crippen LogP contribution < -0.4 is 5.32 Å². The fraction of sp³-hybridized carbons (Fsp3) is 0.167. The lowest BCUT2D eigenvalue weighted by Crippen LogP contribution is -2.08. The molecule has 2 aromatic rings. The fourth-order valence-electron chi connectivity index (χ4n) is 1.56. The summed E-state index contributed by atoms with van der Waals surface area (Å²) in [6.07, 6.45) is 3.45. The van der Waals surface area contributed by atoms with Gasteiger partial charge in [0.15, 0.2) is 0 Å². The number of imidazole rings is 1. The van der Waals surface area contributed by atoms with Gasteiger partial charge in [0, 0.05) is 18.9 Å². The van der Waals surface area contributed by atoms with E-state index in [1.54, 1.807) is 36.8 Å². The number of aromatic carboxylic acids is 1. The molecule has 5 heteroatoms. The molecule has 0 saturated carbocycles. The van der Waals surface area contributed by atoms with Gasteiger partial charge in [0.25, 0.3) is 0 Å². The quantitative estimate of drug-likeness (QED) is 0.841. The van der Waals surface area contributed by atoms with Crippen molar-refractivity contribution < 1.29 is 9.90 Å². The first-order chi connectivity index (χ1) is 8.18. The first-order valence-electron chi connectivity index (χ1n) is 5.20. The number of hydrogen-bond acceptors (Lipinski definition) is 3. The van der Waals surface area contributed by atoms with Crippen LogP contribution in [0.5, 0.6) is 0 Å².